The Bertz CT molecular complexity index is 269. The van der Waals surface area contributed by atoms with Crippen molar-refractivity contribution in [2.24, 2.45) is 13.0 Å². The number of aromatic nitrogens is 3. The van der Waals surface area contributed by atoms with E-state index in [2.05, 4.69) is 15.5 Å². The maximum atomic E-state index is 4.03. The van der Waals surface area contributed by atoms with Crippen LogP contribution in [0.1, 0.15) is 5.82 Å². The molecule has 1 N–H and O–H groups in total. The first kappa shape index (κ1) is 9.02. The van der Waals surface area contributed by atoms with Gasteiger partial charge in [-0.25, -0.2) is 0 Å². The van der Waals surface area contributed by atoms with E-state index >= 15 is 0 Å². The van der Waals surface area contributed by atoms with Crippen LogP contribution in [0.3, 0.4) is 0 Å². The fourth-order valence-electron chi connectivity index (χ4n) is 1.22. The second-order valence-corrected chi connectivity index (χ2v) is 4.43. The van der Waals surface area contributed by atoms with Crippen molar-refractivity contribution in [3.63, 3.8) is 0 Å². The summed E-state index contributed by atoms with van der Waals surface area (Å²) in [6.45, 7) is 2.37. The van der Waals surface area contributed by atoms with Crippen LogP contribution in [0.2, 0.25) is 0 Å². The summed E-state index contributed by atoms with van der Waals surface area (Å²) in [5.41, 5.74) is 0. The summed E-state index contributed by atoms with van der Waals surface area (Å²) in [6, 6.07) is 0. The minimum atomic E-state index is 0.873. The van der Waals surface area contributed by atoms with Crippen LogP contribution < -0.4 is 5.32 Å². The fourth-order valence-corrected chi connectivity index (χ4v) is 2.35. The van der Waals surface area contributed by atoms with E-state index in [0.29, 0.717) is 0 Å². The Kier molecular flexibility index (Phi) is 2.85. The monoisotopic (exact) mass is 198 g/mol. The minimum absolute atomic E-state index is 0.873. The molecular weight excluding hydrogens is 184 g/mol. The van der Waals surface area contributed by atoms with Gasteiger partial charge in [-0.3, -0.25) is 0 Å². The summed E-state index contributed by atoms with van der Waals surface area (Å²) in [7, 11) is 1.99. The summed E-state index contributed by atoms with van der Waals surface area (Å²) in [5, 5.41) is 11.1. The van der Waals surface area contributed by atoms with Crippen LogP contribution in [-0.4, -0.2) is 33.6 Å². The number of hydrogen-bond acceptors (Lipinski definition) is 4. The zero-order valence-electron chi connectivity index (χ0n) is 7.73. The Hall–Kier alpha value is -0.550. The predicted molar refractivity (Wildman–Crippen MR) is 53.5 cm³/mol. The van der Waals surface area contributed by atoms with Gasteiger partial charge < -0.3 is 9.88 Å². The fraction of sp³-hybridized carbons (Fsp3) is 0.750. The summed E-state index contributed by atoms with van der Waals surface area (Å²) in [5.74, 6) is 4.16. The van der Waals surface area contributed by atoms with Gasteiger partial charge in [-0.15, -0.1) is 10.2 Å². The van der Waals surface area contributed by atoms with E-state index in [1.54, 1.807) is 6.33 Å². The van der Waals surface area contributed by atoms with Gasteiger partial charge in [0.05, 0.1) is 5.75 Å². The standard InChI is InChI=1S/C8H14N4S/c1-12-6-10-11-8(12)5-13-4-7-2-9-3-7/h6-7,9H,2-5H2,1H3. The molecule has 0 amide bonds. The highest BCUT2D eigenvalue weighted by Crippen LogP contribution is 2.15. The van der Waals surface area contributed by atoms with Crippen molar-refractivity contribution in [3.05, 3.63) is 12.2 Å². The molecule has 0 spiro atoms. The molecule has 1 fully saturated rings. The van der Waals surface area contributed by atoms with E-state index in [9.17, 15) is 0 Å². The zero-order chi connectivity index (χ0) is 9.10. The Morgan fingerprint density at radius 1 is 1.69 bits per heavy atom. The van der Waals surface area contributed by atoms with Crippen molar-refractivity contribution in [3.8, 4) is 0 Å². The summed E-state index contributed by atoms with van der Waals surface area (Å²) in [6.07, 6.45) is 1.75. The maximum absolute atomic E-state index is 4.03. The molecule has 0 bridgehead atoms. The van der Waals surface area contributed by atoms with Crippen LogP contribution in [0.5, 0.6) is 0 Å². The number of nitrogens with zero attached hydrogens (tertiary/aromatic N) is 3. The summed E-state index contributed by atoms with van der Waals surface area (Å²) < 4.78 is 1.98. The predicted octanol–water partition coefficient (Wildman–Crippen LogP) is 0.268. The van der Waals surface area contributed by atoms with Gasteiger partial charge in [-0.2, -0.15) is 11.8 Å². The number of nitrogens with one attached hydrogen (secondary N) is 1. The molecular formula is C8H14N4S. The molecule has 0 atom stereocenters. The van der Waals surface area contributed by atoms with Crippen LogP contribution >= 0.6 is 11.8 Å². The lowest BCUT2D eigenvalue weighted by Crippen LogP contribution is -2.43. The van der Waals surface area contributed by atoms with Gasteiger partial charge in [0.15, 0.2) is 0 Å². The van der Waals surface area contributed by atoms with Crippen molar-refractivity contribution < 1.29 is 0 Å². The topological polar surface area (TPSA) is 42.7 Å². The molecule has 1 aromatic heterocycles. The van der Waals surface area contributed by atoms with Gasteiger partial charge in [0.1, 0.15) is 12.2 Å². The molecule has 0 unspecified atom stereocenters. The molecule has 4 nitrogen and oxygen atoms in total. The van der Waals surface area contributed by atoms with E-state index in [-0.39, 0.29) is 0 Å². The van der Waals surface area contributed by atoms with Crippen molar-refractivity contribution >= 4 is 11.8 Å². The quantitative estimate of drug-likeness (QED) is 0.754. The number of thioether (sulfide) groups is 1. The molecule has 1 saturated heterocycles. The molecule has 2 heterocycles. The third kappa shape index (κ3) is 2.22. The van der Waals surface area contributed by atoms with E-state index in [1.165, 1.54) is 18.8 Å². The molecule has 0 radical (unpaired) electrons. The van der Waals surface area contributed by atoms with Crippen molar-refractivity contribution in [2.45, 2.75) is 5.75 Å². The molecule has 13 heavy (non-hydrogen) atoms. The minimum Gasteiger partial charge on any atom is -0.320 e. The molecule has 1 aromatic rings. The van der Waals surface area contributed by atoms with Crippen LogP contribution in [0, 0.1) is 5.92 Å². The second-order valence-electron chi connectivity index (χ2n) is 3.40. The highest BCUT2D eigenvalue weighted by Gasteiger charge is 2.16. The number of hydrogen-bond donors (Lipinski definition) is 1. The van der Waals surface area contributed by atoms with Crippen molar-refractivity contribution in [1.82, 2.24) is 20.1 Å². The number of rotatable bonds is 4. The Morgan fingerprint density at radius 3 is 3.08 bits per heavy atom. The lowest BCUT2D eigenvalue weighted by atomic mass is 10.1. The molecule has 72 valence electrons. The molecule has 0 aromatic carbocycles. The van der Waals surface area contributed by atoms with Gasteiger partial charge in [0, 0.05) is 7.05 Å². The third-order valence-corrected chi connectivity index (χ3v) is 3.43. The van der Waals surface area contributed by atoms with E-state index in [0.717, 1.165) is 17.5 Å². The Balaban J connectivity index is 1.70. The van der Waals surface area contributed by atoms with Crippen molar-refractivity contribution in [1.29, 1.82) is 0 Å². The first-order valence-corrected chi connectivity index (χ1v) is 5.63. The Morgan fingerprint density at radius 2 is 2.54 bits per heavy atom. The summed E-state index contributed by atoms with van der Waals surface area (Å²) >= 11 is 1.95. The first-order valence-electron chi connectivity index (χ1n) is 4.47. The van der Waals surface area contributed by atoms with Gasteiger partial charge in [-0.1, -0.05) is 0 Å². The first-order chi connectivity index (χ1) is 6.36. The summed E-state index contributed by atoms with van der Waals surface area (Å²) in [4.78, 5) is 0. The largest absolute Gasteiger partial charge is 0.320 e. The van der Waals surface area contributed by atoms with E-state index in [1.807, 2.05) is 23.4 Å². The van der Waals surface area contributed by atoms with Gasteiger partial charge in [0.2, 0.25) is 0 Å². The Labute approximate surface area is 82.1 Å². The van der Waals surface area contributed by atoms with Crippen LogP contribution in [-0.2, 0) is 12.8 Å². The molecule has 0 aliphatic carbocycles. The molecule has 5 heteroatoms. The molecule has 1 aliphatic rings. The smallest absolute Gasteiger partial charge is 0.142 e. The average molecular weight is 198 g/mol. The van der Waals surface area contributed by atoms with Gasteiger partial charge in [0.25, 0.3) is 0 Å². The maximum Gasteiger partial charge on any atom is 0.142 e. The number of aryl methyl sites for hydroxylation is 1. The average Bonchev–Trinajstić information content (AvgIpc) is 2.42. The SMILES string of the molecule is Cn1cnnc1CSCC1CNC1. The van der Waals surface area contributed by atoms with E-state index < -0.39 is 0 Å². The highest BCUT2D eigenvalue weighted by atomic mass is 32.2. The zero-order valence-corrected chi connectivity index (χ0v) is 8.55. The van der Waals surface area contributed by atoms with Crippen molar-refractivity contribution in [2.75, 3.05) is 18.8 Å². The third-order valence-electron chi connectivity index (χ3n) is 2.26. The second kappa shape index (κ2) is 4.11. The van der Waals surface area contributed by atoms with Crippen LogP contribution in [0.25, 0.3) is 0 Å². The lowest BCUT2D eigenvalue weighted by molar-refractivity contribution is 0.385. The van der Waals surface area contributed by atoms with Crippen LogP contribution in [0.4, 0.5) is 0 Å². The van der Waals surface area contributed by atoms with Gasteiger partial charge >= 0.3 is 0 Å². The van der Waals surface area contributed by atoms with Gasteiger partial charge in [-0.05, 0) is 24.8 Å². The van der Waals surface area contributed by atoms with E-state index in [4.69, 9.17) is 0 Å². The molecule has 2 rings (SSSR count). The highest BCUT2D eigenvalue weighted by molar-refractivity contribution is 7.98. The normalized spacial score (nSPS) is 17.3. The lowest BCUT2D eigenvalue weighted by Gasteiger charge is -2.26. The van der Waals surface area contributed by atoms with Crippen LogP contribution in [0.15, 0.2) is 6.33 Å². The molecule has 0 saturated carbocycles. The molecule has 1 aliphatic heterocycles.